The molecule has 0 amide bonds. The third-order valence-electron chi connectivity index (χ3n) is 2.33. The van der Waals surface area contributed by atoms with E-state index in [2.05, 4.69) is 9.71 Å². The van der Waals surface area contributed by atoms with Gasteiger partial charge in [-0.25, -0.2) is 4.79 Å². The molecule has 6 heteroatoms. The van der Waals surface area contributed by atoms with Gasteiger partial charge in [-0.1, -0.05) is 30.3 Å². The molecule has 0 aromatic heterocycles. The third-order valence-corrected chi connectivity index (χ3v) is 2.33. The summed E-state index contributed by atoms with van der Waals surface area (Å²) in [6, 6.07) is 9.04. The number of esters is 1. The first-order chi connectivity index (χ1) is 9.10. The van der Waals surface area contributed by atoms with Gasteiger partial charge in [0.1, 0.15) is 6.10 Å². The standard InChI is InChI=1S/C13H14N2O4/c1-3-18-12(16)11(15-14)13(17)19-9(2)10-7-5-4-6-8-10/h4-9H,3H2,1-2H3/p+1/t9-/m0/s1. The molecule has 1 N–H and O–H groups in total. The second-order valence-electron chi connectivity index (χ2n) is 3.64. The summed E-state index contributed by atoms with van der Waals surface area (Å²) in [7, 11) is 0. The van der Waals surface area contributed by atoms with Gasteiger partial charge in [0.05, 0.1) is 6.61 Å². The van der Waals surface area contributed by atoms with E-state index < -0.39 is 23.7 Å². The van der Waals surface area contributed by atoms with E-state index >= 15 is 0 Å². The molecule has 6 nitrogen and oxygen atoms in total. The molecule has 0 bridgehead atoms. The highest BCUT2D eigenvalue weighted by atomic mass is 16.6. The van der Waals surface area contributed by atoms with E-state index in [4.69, 9.17) is 10.1 Å². The van der Waals surface area contributed by atoms with E-state index in [1.165, 1.54) is 0 Å². The number of aliphatic hydroxyl groups is 1. The summed E-state index contributed by atoms with van der Waals surface area (Å²) >= 11 is 0. The quantitative estimate of drug-likeness (QED) is 0.382. The summed E-state index contributed by atoms with van der Waals surface area (Å²) in [6.07, 6.45) is -0.542. The van der Waals surface area contributed by atoms with Gasteiger partial charge < -0.3 is 14.6 Å². The number of diazo groups is 1. The van der Waals surface area contributed by atoms with Crippen molar-refractivity contribution >= 4 is 5.97 Å². The van der Waals surface area contributed by atoms with E-state index in [1.807, 2.05) is 18.2 Å². The second kappa shape index (κ2) is 7.01. The van der Waals surface area contributed by atoms with Gasteiger partial charge in [0.2, 0.25) is 5.39 Å². The Labute approximate surface area is 110 Å². The van der Waals surface area contributed by atoms with Crippen molar-refractivity contribution in [1.29, 1.82) is 5.39 Å². The summed E-state index contributed by atoms with van der Waals surface area (Å²) in [4.78, 5) is 14.4. The van der Waals surface area contributed by atoms with E-state index in [-0.39, 0.29) is 6.61 Å². The summed E-state index contributed by atoms with van der Waals surface area (Å²) in [5, 5.41) is 18.1. The molecule has 0 aliphatic carbocycles. The number of rotatable bonds is 5. The lowest BCUT2D eigenvalue weighted by Crippen LogP contribution is -2.12. The van der Waals surface area contributed by atoms with Crippen LogP contribution in [0.3, 0.4) is 0 Å². The summed E-state index contributed by atoms with van der Waals surface area (Å²) in [6.45, 7) is 3.41. The predicted octanol–water partition coefficient (Wildman–Crippen LogP) is 2.91. The van der Waals surface area contributed by atoms with E-state index in [0.29, 0.717) is 0 Å². The van der Waals surface area contributed by atoms with Crippen LogP contribution in [0.1, 0.15) is 25.5 Å². The molecule has 0 radical (unpaired) electrons. The van der Waals surface area contributed by atoms with Crippen LogP contribution in [0.2, 0.25) is 0 Å². The zero-order valence-electron chi connectivity index (χ0n) is 10.7. The predicted molar refractivity (Wildman–Crippen MR) is 67.3 cm³/mol. The van der Waals surface area contributed by atoms with Gasteiger partial charge in [0, 0.05) is 0 Å². The first-order valence-corrected chi connectivity index (χ1v) is 5.77. The summed E-state index contributed by atoms with van der Waals surface area (Å²) in [5.74, 6) is -1.74. The Hall–Kier alpha value is -2.55. The number of nitrogens with zero attached hydrogens (tertiary/aromatic N) is 2. The maximum atomic E-state index is 11.7. The lowest BCUT2D eigenvalue weighted by atomic mass is 10.1. The van der Waals surface area contributed by atoms with Crippen LogP contribution in [-0.2, 0) is 14.3 Å². The van der Waals surface area contributed by atoms with Crippen molar-refractivity contribution in [3.05, 3.63) is 52.5 Å². The monoisotopic (exact) mass is 263 g/mol. The highest BCUT2D eigenvalue weighted by Crippen LogP contribution is 2.19. The molecule has 100 valence electrons. The van der Waals surface area contributed by atoms with Crippen molar-refractivity contribution in [1.82, 2.24) is 0 Å². The molecule has 0 heterocycles. The van der Waals surface area contributed by atoms with Crippen molar-refractivity contribution in [2.75, 3.05) is 6.61 Å². The van der Waals surface area contributed by atoms with Crippen molar-refractivity contribution in [3.63, 3.8) is 0 Å². The number of benzene rings is 1. The molecule has 19 heavy (non-hydrogen) atoms. The largest absolute Gasteiger partial charge is 0.547 e. The maximum Gasteiger partial charge on any atom is 0.547 e. The Morgan fingerprint density at radius 2 is 2.05 bits per heavy atom. The molecule has 1 aromatic carbocycles. The minimum atomic E-state index is -0.968. The maximum absolute atomic E-state index is 11.7. The molecule has 0 fully saturated rings. The Morgan fingerprint density at radius 1 is 1.42 bits per heavy atom. The molecular formula is C13H15N2O4+. The fourth-order valence-electron chi connectivity index (χ4n) is 1.38. The van der Waals surface area contributed by atoms with Gasteiger partial charge in [-0.15, -0.1) is 0 Å². The third kappa shape index (κ3) is 4.00. The first-order valence-electron chi connectivity index (χ1n) is 5.77. The van der Waals surface area contributed by atoms with Crippen molar-refractivity contribution in [3.8, 4) is 0 Å². The Morgan fingerprint density at radius 3 is 2.58 bits per heavy atom. The lowest BCUT2D eigenvalue weighted by molar-refractivity contribution is -0.144. The number of hydrogen-bond acceptors (Lipinski definition) is 5. The van der Waals surface area contributed by atoms with Crippen LogP contribution in [0, 0.1) is 5.39 Å². The molecule has 0 saturated heterocycles. The average molecular weight is 263 g/mol. The molecule has 1 atom stereocenters. The minimum absolute atomic E-state index is 0.131. The molecule has 0 aliphatic heterocycles. The summed E-state index contributed by atoms with van der Waals surface area (Å²) < 4.78 is 9.75. The number of carbonyl (C=O) groups is 1. The first kappa shape index (κ1) is 14.5. The Balaban J connectivity index is 2.79. The molecular weight excluding hydrogens is 248 g/mol. The van der Waals surface area contributed by atoms with Crippen LogP contribution in [0.25, 0.3) is 4.98 Å². The van der Waals surface area contributed by atoms with Gasteiger partial charge in [-0.2, -0.15) is 0 Å². The van der Waals surface area contributed by atoms with Crippen LogP contribution in [0.5, 0.6) is 0 Å². The highest BCUT2D eigenvalue weighted by Gasteiger charge is 2.34. The topological polar surface area (TPSA) is 83.9 Å². The van der Waals surface area contributed by atoms with Crippen LogP contribution < -0.4 is 0 Å². The van der Waals surface area contributed by atoms with Gasteiger partial charge in [-0.3, -0.25) is 0 Å². The molecule has 0 saturated carbocycles. The highest BCUT2D eigenvalue weighted by molar-refractivity contribution is 5.90. The van der Waals surface area contributed by atoms with Crippen molar-refractivity contribution < 1.29 is 19.4 Å². The normalized spacial score (nSPS) is 12.9. The van der Waals surface area contributed by atoms with Crippen molar-refractivity contribution in [2.45, 2.75) is 20.0 Å². The number of hydrogen-bond donors (Lipinski definition) is 1. The average Bonchev–Trinajstić information content (AvgIpc) is 2.40. The zero-order chi connectivity index (χ0) is 14.3. The van der Waals surface area contributed by atoms with Crippen LogP contribution in [0.4, 0.5) is 0 Å². The zero-order valence-corrected chi connectivity index (χ0v) is 10.7. The molecule has 0 spiro atoms. The molecule has 0 aliphatic rings. The van der Waals surface area contributed by atoms with E-state index in [0.717, 1.165) is 5.56 Å². The van der Waals surface area contributed by atoms with Crippen LogP contribution in [0.15, 0.2) is 42.0 Å². The molecule has 0 unspecified atom stereocenters. The smallest absolute Gasteiger partial charge is 0.475 e. The van der Waals surface area contributed by atoms with Gasteiger partial charge >= 0.3 is 17.6 Å². The fraction of sp³-hybridized carbons (Fsp3) is 0.308. The van der Waals surface area contributed by atoms with Crippen LogP contribution in [-0.4, -0.2) is 17.7 Å². The number of aliphatic hydroxyl groups excluding tert-OH is 1. The summed E-state index contributed by atoms with van der Waals surface area (Å²) in [5.41, 5.74) is 0.119. The second-order valence-corrected chi connectivity index (χ2v) is 3.64. The minimum Gasteiger partial charge on any atom is -0.475 e. The number of ether oxygens (including phenoxy) is 2. The molecule has 1 rings (SSSR count). The van der Waals surface area contributed by atoms with E-state index in [1.54, 1.807) is 26.0 Å². The van der Waals surface area contributed by atoms with Crippen LogP contribution >= 0.6 is 0 Å². The SMILES string of the molecule is CCO/C(O)=C(/[N+]#N)C(=O)O[C@@H](C)c1ccccc1. The van der Waals surface area contributed by atoms with Gasteiger partial charge in [-0.05, 0) is 19.4 Å². The lowest BCUT2D eigenvalue weighted by Gasteiger charge is -2.10. The fourth-order valence-corrected chi connectivity index (χ4v) is 1.38. The number of carbonyl (C=O) groups excluding carboxylic acids is 1. The molecule has 1 aromatic rings. The van der Waals surface area contributed by atoms with Gasteiger partial charge in [0.25, 0.3) is 0 Å². The Kier molecular flexibility index (Phi) is 5.35. The van der Waals surface area contributed by atoms with E-state index in [9.17, 15) is 9.90 Å². The van der Waals surface area contributed by atoms with Crippen molar-refractivity contribution in [2.24, 2.45) is 0 Å². The van der Waals surface area contributed by atoms with Gasteiger partial charge in [0.15, 0.2) is 4.98 Å². The Bertz CT molecular complexity index is 505.